The van der Waals surface area contributed by atoms with Gasteiger partial charge in [-0.3, -0.25) is 4.98 Å². The van der Waals surface area contributed by atoms with Crippen LogP contribution in [0.1, 0.15) is 17.0 Å². The van der Waals surface area contributed by atoms with Gasteiger partial charge in [-0.25, -0.2) is 0 Å². The predicted octanol–water partition coefficient (Wildman–Crippen LogP) is 3.45. The number of anilines is 1. The van der Waals surface area contributed by atoms with Crippen molar-refractivity contribution in [2.45, 2.75) is 20.3 Å². The molecule has 116 valence electrons. The monoisotopic (exact) mass is 331 g/mol. The Kier molecular flexibility index (Phi) is 4.74. The van der Waals surface area contributed by atoms with Crippen molar-refractivity contribution in [3.8, 4) is 0 Å². The summed E-state index contributed by atoms with van der Waals surface area (Å²) in [5.74, 6) is 0. The fraction of sp³-hybridized carbons (Fsp3) is 0.412. The molecule has 3 rings (SSSR count). The number of rotatable bonds is 3. The summed E-state index contributed by atoms with van der Waals surface area (Å²) in [6, 6.07) is 6.44. The molecule has 1 aliphatic rings. The number of aryl methyl sites for hydroxylation is 2. The van der Waals surface area contributed by atoms with Crippen molar-refractivity contribution >= 4 is 34.2 Å². The molecule has 22 heavy (non-hydrogen) atoms. The van der Waals surface area contributed by atoms with Gasteiger partial charge in [-0.05, 0) is 43.0 Å². The second kappa shape index (κ2) is 6.75. The lowest BCUT2D eigenvalue weighted by atomic mass is 10.1. The van der Waals surface area contributed by atoms with E-state index in [0.717, 1.165) is 49.0 Å². The Morgan fingerprint density at radius 1 is 1.23 bits per heavy atom. The van der Waals surface area contributed by atoms with E-state index < -0.39 is 0 Å². The molecule has 1 saturated heterocycles. The zero-order valence-corrected chi connectivity index (χ0v) is 14.7. The van der Waals surface area contributed by atoms with Crippen LogP contribution in [0.5, 0.6) is 0 Å². The molecule has 1 fully saturated rings. The summed E-state index contributed by atoms with van der Waals surface area (Å²) in [7, 11) is 0. The van der Waals surface area contributed by atoms with Gasteiger partial charge in [0.1, 0.15) is 0 Å². The molecule has 0 atom stereocenters. The number of hydrogen-bond donors (Lipinski definition) is 0. The number of nitrogens with zero attached hydrogens (tertiary/aromatic N) is 3. The fourth-order valence-electron chi connectivity index (χ4n) is 2.93. The predicted molar refractivity (Wildman–Crippen MR) is 98.1 cm³/mol. The minimum atomic E-state index is 0.774. The topological polar surface area (TPSA) is 19.4 Å². The first-order valence-corrected chi connectivity index (χ1v) is 8.96. The van der Waals surface area contributed by atoms with E-state index in [1.807, 2.05) is 6.92 Å². The van der Waals surface area contributed by atoms with Gasteiger partial charge in [0, 0.05) is 55.1 Å². The van der Waals surface area contributed by atoms with Crippen LogP contribution in [0.15, 0.2) is 29.0 Å². The Morgan fingerprint density at radius 3 is 2.64 bits per heavy atom. The van der Waals surface area contributed by atoms with Gasteiger partial charge in [0.15, 0.2) is 0 Å². The first-order valence-electron chi connectivity index (χ1n) is 7.61. The molecule has 0 radical (unpaired) electrons. The van der Waals surface area contributed by atoms with Crippen LogP contribution in [0, 0.1) is 13.8 Å². The van der Waals surface area contributed by atoms with Crippen molar-refractivity contribution < 1.29 is 0 Å². The molecule has 5 heteroatoms. The van der Waals surface area contributed by atoms with E-state index in [2.05, 4.69) is 50.7 Å². The molecule has 3 heterocycles. The van der Waals surface area contributed by atoms with E-state index in [0.29, 0.717) is 0 Å². The van der Waals surface area contributed by atoms with Crippen molar-refractivity contribution in [2.24, 2.45) is 0 Å². The van der Waals surface area contributed by atoms with Crippen LogP contribution < -0.4 is 4.90 Å². The van der Waals surface area contributed by atoms with Gasteiger partial charge in [-0.15, -0.1) is 0 Å². The highest BCUT2D eigenvalue weighted by Crippen LogP contribution is 2.20. The first kappa shape index (κ1) is 15.4. The highest BCUT2D eigenvalue weighted by Gasteiger charge is 2.19. The van der Waals surface area contributed by atoms with Crippen LogP contribution >= 0.6 is 23.6 Å². The number of thiocarbonyl (C=S) groups is 1. The molecule has 0 unspecified atom stereocenters. The summed E-state index contributed by atoms with van der Waals surface area (Å²) in [6.45, 7) is 8.23. The summed E-state index contributed by atoms with van der Waals surface area (Å²) in [5.41, 5.74) is 4.75. The van der Waals surface area contributed by atoms with E-state index in [4.69, 9.17) is 12.2 Å². The normalized spacial score (nSPS) is 15.2. The molecule has 0 aromatic carbocycles. The maximum Gasteiger partial charge on any atom is 0.0840 e. The SMILES string of the molecule is Cc1cc(C)nc(CC(=S)N2CCN(c3ccsc3)CC2)c1. The van der Waals surface area contributed by atoms with Crippen LogP contribution in [0.2, 0.25) is 0 Å². The molecular formula is C17H21N3S2. The molecule has 0 saturated carbocycles. The van der Waals surface area contributed by atoms with E-state index in [-0.39, 0.29) is 0 Å². The Bertz CT molecular complexity index is 624. The van der Waals surface area contributed by atoms with E-state index in [9.17, 15) is 0 Å². The molecule has 0 spiro atoms. The van der Waals surface area contributed by atoms with E-state index >= 15 is 0 Å². The van der Waals surface area contributed by atoms with Crippen LogP contribution in [0.3, 0.4) is 0 Å². The third kappa shape index (κ3) is 3.65. The average Bonchev–Trinajstić information content (AvgIpc) is 3.00. The second-order valence-corrected chi connectivity index (χ2v) is 7.05. The lowest BCUT2D eigenvalue weighted by Gasteiger charge is -2.37. The Morgan fingerprint density at radius 2 is 2.00 bits per heavy atom. The summed E-state index contributed by atoms with van der Waals surface area (Å²) in [5, 5.41) is 4.35. The minimum absolute atomic E-state index is 0.774. The fourth-order valence-corrected chi connectivity index (χ4v) is 3.93. The maximum atomic E-state index is 5.65. The number of thiophene rings is 1. The van der Waals surface area contributed by atoms with Crippen LogP contribution in [-0.2, 0) is 6.42 Å². The van der Waals surface area contributed by atoms with Crippen LogP contribution in [0.4, 0.5) is 5.69 Å². The summed E-state index contributed by atoms with van der Waals surface area (Å²) in [6.07, 6.45) is 0.774. The minimum Gasteiger partial charge on any atom is -0.367 e. The summed E-state index contributed by atoms with van der Waals surface area (Å²) < 4.78 is 0. The highest BCUT2D eigenvalue weighted by molar-refractivity contribution is 7.80. The lowest BCUT2D eigenvalue weighted by molar-refractivity contribution is 0.387. The van der Waals surface area contributed by atoms with Crippen molar-refractivity contribution in [2.75, 3.05) is 31.1 Å². The lowest BCUT2D eigenvalue weighted by Crippen LogP contribution is -2.48. The molecule has 3 nitrogen and oxygen atoms in total. The molecule has 0 bridgehead atoms. The summed E-state index contributed by atoms with van der Waals surface area (Å²) in [4.78, 5) is 10.4. The van der Waals surface area contributed by atoms with Crippen molar-refractivity contribution in [1.82, 2.24) is 9.88 Å². The van der Waals surface area contributed by atoms with Gasteiger partial charge in [-0.2, -0.15) is 11.3 Å². The van der Waals surface area contributed by atoms with Gasteiger partial charge in [0.2, 0.25) is 0 Å². The molecule has 2 aromatic rings. The zero-order valence-electron chi connectivity index (χ0n) is 13.1. The maximum absolute atomic E-state index is 5.65. The average molecular weight is 332 g/mol. The van der Waals surface area contributed by atoms with Gasteiger partial charge >= 0.3 is 0 Å². The highest BCUT2D eigenvalue weighted by atomic mass is 32.1. The first-order chi connectivity index (χ1) is 10.6. The number of piperazine rings is 1. The molecule has 0 amide bonds. The van der Waals surface area contributed by atoms with Gasteiger partial charge in [-0.1, -0.05) is 12.2 Å². The summed E-state index contributed by atoms with van der Waals surface area (Å²) >= 11 is 7.41. The number of hydrogen-bond acceptors (Lipinski definition) is 4. The largest absolute Gasteiger partial charge is 0.367 e. The standard InChI is InChI=1S/C17H21N3S2/c1-13-9-14(2)18-15(10-13)11-17(21)20-6-4-19(5-7-20)16-3-8-22-12-16/h3,8-10,12H,4-7,11H2,1-2H3. The molecule has 0 N–H and O–H groups in total. The number of aromatic nitrogens is 1. The Balaban J connectivity index is 1.58. The quantitative estimate of drug-likeness (QED) is 0.802. The van der Waals surface area contributed by atoms with Gasteiger partial charge in [0.05, 0.1) is 4.99 Å². The van der Waals surface area contributed by atoms with Gasteiger partial charge in [0.25, 0.3) is 0 Å². The van der Waals surface area contributed by atoms with Gasteiger partial charge < -0.3 is 9.80 Å². The van der Waals surface area contributed by atoms with Crippen LogP contribution in [0.25, 0.3) is 0 Å². The molecule has 2 aromatic heterocycles. The van der Waals surface area contributed by atoms with E-state index in [1.54, 1.807) is 11.3 Å². The number of pyridine rings is 1. The second-order valence-electron chi connectivity index (χ2n) is 5.80. The molecule has 0 aliphatic carbocycles. The van der Waals surface area contributed by atoms with Crippen molar-refractivity contribution in [3.05, 3.63) is 45.9 Å². The third-order valence-electron chi connectivity index (χ3n) is 3.99. The Hall–Kier alpha value is -1.46. The molecular weight excluding hydrogens is 310 g/mol. The third-order valence-corrected chi connectivity index (χ3v) is 5.06. The van der Waals surface area contributed by atoms with E-state index in [1.165, 1.54) is 11.3 Å². The Labute approximate surface area is 141 Å². The molecule has 1 aliphatic heterocycles. The smallest absolute Gasteiger partial charge is 0.0840 e. The van der Waals surface area contributed by atoms with Crippen LogP contribution in [-0.4, -0.2) is 41.1 Å². The zero-order chi connectivity index (χ0) is 15.5. The van der Waals surface area contributed by atoms with Crippen molar-refractivity contribution in [1.29, 1.82) is 0 Å². The van der Waals surface area contributed by atoms with Crippen molar-refractivity contribution in [3.63, 3.8) is 0 Å².